The van der Waals surface area contributed by atoms with Crippen molar-refractivity contribution in [3.8, 4) is 11.5 Å². The molecule has 0 saturated heterocycles. The van der Waals surface area contributed by atoms with E-state index in [0.29, 0.717) is 28.7 Å². The van der Waals surface area contributed by atoms with Crippen LogP contribution in [-0.2, 0) is 13.0 Å². The SMILES string of the molecule is CCc1ccc2nc(N(CCCn3ccnc3)C(=O)c3cccc(OC)c3OC)sc2c1. The summed E-state index contributed by atoms with van der Waals surface area (Å²) in [6.45, 7) is 3.39. The molecule has 0 fully saturated rings. The van der Waals surface area contributed by atoms with E-state index in [1.165, 1.54) is 16.9 Å². The van der Waals surface area contributed by atoms with Gasteiger partial charge in [0.05, 0.1) is 36.3 Å². The Morgan fingerprint density at radius 2 is 2.06 bits per heavy atom. The number of imidazole rings is 1. The number of hydrogen-bond donors (Lipinski definition) is 0. The molecular formula is C24H26N4O3S. The first-order valence-electron chi connectivity index (χ1n) is 10.5. The molecule has 1 amide bonds. The Morgan fingerprint density at radius 1 is 1.19 bits per heavy atom. The zero-order valence-electron chi connectivity index (χ0n) is 18.4. The lowest BCUT2D eigenvalue weighted by Gasteiger charge is -2.22. The fourth-order valence-corrected chi connectivity index (χ4v) is 4.66. The summed E-state index contributed by atoms with van der Waals surface area (Å²) in [5, 5.41) is 0.675. The van der Waals surface area contributed by atoms with Crippen LogP contribution in [0.2, 0.25) is 0 Å². The zero-order chi connectivity index (χ0) is 22.5. The first-order valence-corrected chi connectivity index (χ1v) is 11.3. The summed E-state index contributed by atoms with van der Waals surface area (Å²) in [7, 11) is 3.11. The summed E-state index contributed by atoms with van der Waals surface area (Å²) < 4.78 is 14.0. The second-order valence-electron chi connectivity index (χ2n) is 7.30. The molecule has 0 aliphatic heterocycles. The number of benzene rings is 2. The molecule has 0 saturated carbocycles. The van der Waals surface area contributed by atoms with E-state index in [9.17, 15) is 4.79 Å². The van der Waals surface area contributed by atoms with Crippen molar-refractivity contribution < 1.29 is 14.3 Å². The number of carbonyl (C=O) groups is 1. The number of ether oxygens (including phenoxy) is 2. The Hall–Kier alpha value is -3.39. The van der Waals surface area contributed by atoms with Crippen LogP contribution in [0.4, 0.5) is 5.13 Å². The molecule has 8 heteroatoms. The first-order chi connectivity index (χ1) is 15.6. The number of anilines is 1. The number of aryl methyl sites for hydroxylation is 2. The zero-order valence-corrected chi connectivity index (χ0v) is 19.3. The molecule has 2 heterocycles. The van der Waals surface area contributed by atoms with Crippen molar-refractivity contribution in [2.75, 3.05) is 25.7 Å². The Balaban J connectivity index is 1.69. The fraction of sp³-hybridized carbons (Fsp3) is 0.292. The lowest BCUT2D eigenvalue weighted by molar-refractivity contribution is 0.0982. The number of methoxy groups -OCH3 is 2. The Bertz CT molecular complexity index is 1200. The van der Waals surface area contributed by atoms with Crippen LogP contribution in [0.5, 0.6) is 11.5 Å². The fourth-order valence-electron chi connectivity index (χ4n) is 3.61. The number of para-hydroxylation sites is 1. The Morgan fingerprint density at radius 3 is 2.78 bits per heavy atom. The van der Waals surface area contributed by atoms with Crippen molar-refractivity contribution in [3.63, 3.8) is 0 Å². The largest absolute Gasteiger partial charge is 0.493 e. The van der Waals surface area contributed by atoms with Gasteiger partial charge in [-0.2, -0.15) is 0 Å². The second kappa shape index (κ2) is 9.82. The average molecular weight is 451 g/mol. The van der Waals surface area contributed by atoms with Crippen molar-refractivity contribution in [1.29, 1.82) is 0 Å². The minimum atomic E-state index is -0.166. The van der Waals surface area contributed by atoms with Gasteiger partial charge in [0.1, 0.15) is 0 Å². The van der Waals surface area contributed by atoms with E-state index in [1.807, 2.05) is 16.8 Å². The average Bonchev–Trinajstić information content (AvgIpc) is 3.49. The van der Waals surface area contributed by atoms with Crippen LogP contribution in [-0.4, -0.2) is 41.2 Å². The van der Waals surface area contributed by atoms with E-state index < -0.39 is 0 Å². The quantitative estimate of drug-likeness (QED) is 0.366. The molecule has 7 nitrogen and oxygen atoms in total. The molecule has 32 heavy (non-hydrogen) atoms. The normalized spacial score (nSPS) is 11.0. The van der Waals surface area contributed by atoms with Crippen LogP contribution in [0, 0.1) is 0 Å². The maximum atomic E-state index is 13.7. The minimum absolute atomic E-state index is 0.166. The number of rotatable bonds is 9. The van der Waals surface area contributed by atoms with Crippen LogP contribution >= 0.6 is 11.3 Å². The molecule has 0 spiro atoms. The molecule has 4 rings (SSSR count). The van der Waals surface area contributed by atoms with Gasteiger partial charge in [0.15, 0.2) is 16.6 Å². The van der Waals surface area contributed by atoms with Crippen LogP contribution in [0.15, 0.2) is 55.1 Å². The molecule has 0 aliphatic rings. The van der Waals surface area contributed by atoms with Crippen molar-refractivity contribution in [3.05, 3.63) is 66.2 Å². The smallest absolute Gasteiger partial charge is 0.263 e. The highest BCUT2D eigenvalue weighted by Gasteiger charge is 2.25. The van der Waals surface area contributed by atoms with Crippen molar-refractivity contribution >= 4 is 32.6 Å². The lowest BCUT2D eigenvalue weighted by Crippen LogP contribution is -2.32. The van der Waals surface area contributed by atoms with E-state index in [1.54, 1.807) is 49.8 Å². The van der Waals surface area contributed by atoms with Crippen molar-refractivity contribution in [2.45, 2.75) is 26.3 Å². The molecule has 0 aliphatic carbocycles. The second-order valence-corrected chi connectivity index (χ2v) is 8.31. The van der Waals surface area contributed by atoms with Gasteiger partial charge in [-0.05, 0) is 42.7 Å². The van der Waals surface area contributed by atoms with Crippen LogP contribution in [0.3, 0.4) is 0 Å². The molecular weight excluding hydrogens is 424 g/mol. The highest BCUT2D eigenvalue weighted by Crippen LogP contribution is 2.35. The standard InChI is InChI=1S/C24H26N4O3S/c1-4-17-9-10-19-21(15-17)32-24(26-19)28(13-6-12-27-14-11-25-16-27)23(29)18-7-5-8-20(30-2)22(18)31-3/h5,7-11,14-16H,4,6,12-13H2,1-3H3. The third kappa shape index (κ3) is 4.45. The number of aromatic nitrogens is 3. The molecule has 0 radical (unpaired) electrons. The predicted octanol–water partition coefficient (Wildman–Crippen LogP) is 4.81. The summed E-state index contributed by atoms with van der Waals surface area (Å²) in [5.74, 6) is 0.781. The maximum Gasteiger partial charge on any atom is 0.263 e. The van der Waals surface area contributed by atoms with Crippen LogP contribution in [0.25, 0.3) is 10.2 Å². The third-order valence-corrected chi connectivity index (χ3v) is 6.36. The number of hydrogen-bond acceptors (Lipinski definition) is 6. The molecule has 166 valence electrons. The molecule has 0 N–H and O–H groups in total. The van der Waals surface area contributed by atoms with E-state index in [-0.39, 0.29) is 5.91 Å². The monoisotopic (exact) mass is 450 g/mol. The highest BCUT2D eigenvalue weighted by molar-refractivity contribution is 7.22. The van der Waals surface area contributed by atoms with Crippen molar-refractivity contribution in [2.24, 2.45) is 0 Å². The molecule has 4 aromatic rings. The van der Waals surface area contributed by atoms with Gasteiger partial charge in [0, 0.05) is 25.5 Å². The summed E-state index contributed by atoms with van der Waals surface area (Å²) in [4.78, 5) is 24.3. The van der Waals surface area contributed by atoms with Crippen LogP contribution in [0.1, 0.15) is 29.3 Å². The molecule has 2 aromatic heterocycles. The summed E-state index contributed by atoms with van der Waals surface area (Å²) in [6, 6.07) is 11.6. The number of thiazole rings is 1. The number of carbonyl (C=O) groups excluding carboxylic acids is 1. The highest BCUT2D eigenvalue weighted by atomic mass is 32.1. The molecule has 0 bridgehead atoms. The topological polar surface area (TPSA) is 69.5 Å². The van der Waals surface area contributed by atoms with Gasteiger partial charge in [-0.1, -0.05) is 30.4 Å². The minimum Gasteiger partial charge on any atom is -0.493 e. The van der Waals surface area contributed by atoms with E-state index in [2.05, 4.69) is 24.0 Å². The van der Waals surface area contributed by atoms with E-state index >= 15 is 0 Å². The number of nitrogens with zero attached hydrogens (tertiary/aromatic N) is 4. The predicted molar refractivity (Wildman–Crippen MR) is 127 cm³/mol. The molecule has 2 aromatic carbocycles. The van der Waals surface area contributed by atoms with Gasteiger partial charge in [0.25, 0.3) is 5.91 Å². The van der Waals surface area contributed by atoms with Gasteiger partial charge in [-0.3, -0.25) is 9.69 Å². The number of amides is 1. The van der Waals surface area contributed by atoms with E-state index in [4.69, 9.17) is 14.5 Å². The van der Waals surface area contributed by atoms with Gasteiger partial charge < -0.3 is 14.0 Å². The summed E-state index contributed by atoms with van der Waals surface area (Å²) in [6.07, 6.45) is 7.16. The molecule has 0 unspecified atom stereocenters. The Kier molecular flexibility index (Phi) is 6.70. The van der Waals surface area contributed by atoms with Gasteiger partial charge >= 0.3 is 0 Å². The lowest BCUT2D eigenvalue weighted by atomic mass is 10.1. The Labute approximate surface area is 191 Å². The maximum absolute atomic E-state index is 13.7. The third-order valence-electron chi connectivity index (χ3n) is 5.32. The van der Waals surface area contributed by atoms with Gasteiger partial charge in [-0.15, -0.1) is 0 Å². The molecule has 0 atom stereocenters. The number of fused-ring (bicyclic) bond motifs is 1. The van der Waals surface area contributed by atoms with Gasteiger partial charge in [0.2, 0.25) is 0 Å². The van der Waals surface area contributed by atoms with Crippen LogP contribution < -0.4 is 14.4 Å². The summed E-state index contributed by atoms with van der Waals surface area (Å²) >= 11 is 1.53. The van der Waals surface area contributed by atoms with E-state index in [0.717, 1.165) is 29.6 Å². The first kappa shape index (κ1) is 21.8. The van der Waals surface area contributed by atoms with Gasteiger partial charge in [-0.25, -0.2) is 9.97 Å². The summed E-state index contributed by atoms with van der Waals surface area (Å²) in [5.41, 5.74) is 2.59. The van der Waals surface area contributed by atoms with Crippen molar-refractivity contribution in [1.82, 2.24) is 14.5 Å².